The lowest BCUT2D eigenvalue weighted by molar-refractivity contribution is 1.06. The topological polar surface area (TPSA) is 40.7 Å². The van der Waals surface area contributed by atoms with Crippen LogP contribution < -0.4 is 5.32 Å². The first-order valence-electron chi connectivity index (χ1n) is 5.88. The lowest BCUT2D eigenvalue weighted by Crippen LogP contribution is -1.97. The van der Waals surface area contributed by atoms with Gasteiger partial charge in [-0.05, 0) is 37.5 Å². The smallest absolute Gasteiger partial charge is 0.200 e. The van der Waals surface area contributed by atoms with Crippen molar-refractivity contribution < 1.29 is 0 Å². The van der Waals surface area contributed by atoms with Crippen molar-refractivity contribution >= 4 is 5.95 Å². The SMILES string of the molecule is CNc1ncc(Cc2c(C)cc(C)cc2C)[nH]1. The number of H-pyrrole nitrogens is 1. The number of hydrogen-bond acceptors (Lipinski definition) is 2. The number of benzene rings is 1. The van der Waals surface area contributed by atoms with Gasteiger partial charge in [-0.15, -0.1) is 0 Å². The summed E-state index contributed by atoms with van der Waals surface area (Å²) in [5.41, 5.74) is 6.56. The van der Waals surface area contributed by atoms with Gasteiger partial charge >= 0.3 is 0 Å². The van der Waals surface area contributed by atoms with Crippen LogP contribution in [0.1, 0.15) is 27.9 Å². The number of aromatic nitrogens is 2. The van der Waals surface area contributed by atoms with Crippen LogP contribution in [0.5, 0.6) is 0 Å². The van der Waals surface area contributed by atoms with Crippen LogP contribution in [0.3, 0.4) is 0 Å². The summed E-state index contributed by atoms with van der Waals surface area (Å²) in [6, 6.07) is 4.47. The Balaban J connectivity index is 2.29. The zero-order valence-corrected chi connectivity index (χ0v) is 10.9. The molecule has 0 aliphatic heterocycles. The number of rotatable bonds is 3. The van der Waals surface area contributed by atoms with Crippen LogP contribution in [0.2, 0.25) is 0 Å². The summed E-state index contributed by atoms with van der Waals surface area (Å²) in [5.74, 6) is 0.822. The molecule has 2 aromatic rings. The molecule has 0 saturated carbocycles. The minimum absolute atomic E-state index is 0.822. The Labute approximate surface area is 102 Å². The lowest BCUT2D eigenvalue weighted by Gasteiger charge is -2.10. The normalized spacial score (nSPS) is 10.6. The van der Waals surface area contributed by atoms with Crippen LogP contribution in [-0.4, -0.2) is 17.0 Å². The van der Waals surface area contributed by atoms with E-state index in [9.17, 15) is 0 Å². The zero-order valence-electron chi connectivity index (χ0n) is 10.9. The third-order valence-corrected chi connectivity index (χ3v) is 3.07. The standard InChI is InChI=1S/C14H19N3/c1-9-5-10(2)13(11(3)6-9)7-12-8-16-14(15-4)17-12/h5-6,8H,7H2,1-4H3,(H2,15,16,17). The molecule has 0 unspecified atom stereocenters. The molecule has 0 bridgehead atoms. The second kappa shape index (κ2) is 4.62. The van der Waals surface area contributed by atoms with Crippen molar-refractivity contribution in [3.63, 3.8) is 0 Å². The molecule has 0 aliphatic carbocycles. The van der Waals surface area contributed by atoms with Crippen LogP contribution >= 0.6 is 0 Å². The minimum Gasteiger partial charge on any atom is -0.359 e. The molecule has 3 heteroatoms. The highest BCUT2D eigenvalue weighted by Crippen LogP contribution is 2.19. The highest BCUT2D eigenvalue weighted by molar-refractivity contribution is 5.40. The summed E-state index contributed by atoms with van der Waals surface area (Å²) in [7, 11) is 1.87. The van der Waals surface area contributed by atoms with Gasteiger partial charge in [0, 0.05) is 19.2 Å². The van der Waals surface area contributed by atoms with Gasteiger partial charge in [0.2, 0.25) is 0 Å². The molecular weight excluding hydrogens is 210 g/mol. The first-order valence-corrected chi connectivity index (χ1v) is 5.88. The van der Waals surface area contributed by atoms with E-state index in [1.54, 1.807) is 0 Å². The molecule has 1 heterocycles. The Morgan fingerprint density at radius 3 is 2.35 bits per heavy atom. The summed E-state index contributed by atoms with van der Waals surface area (Å²) in [6.45, 7) is 6.48. The van der Waals surface area contributed by atoms with Crippen LogP contribution in [0.4, 0.5) is 5.95 Å². The number of aromatic amines is 1. The van der Waals surface area contributed by atoms with Gasteiger partial charge in [0.1, 0.15) is 0 Å². The summed E-state index contributed by atoms with van der Waals surface area (Å²) in [5, 5.41) is 3.00. The Hall–Kier alpha value is -1.77. The Morgan fingerprint density at radius 1 is 1.18 bits per heavy atom. The van der Waals surface area contributed by atoms with E-state index in [-0.39, 0.29) is 0 Å². The molecule has 0 radical (unpaired) electrons. The van der Waals surface area contributed by atoms with E-state index in [0.717, 1.165) is 18.1 Å². The van der Waals surface area contributed by atoms with Crippen molar-refractivity contribution in [2.45, 2.75) is 27.2 Å². The summed E-state index contributed by atoms with van der Waals surface area (Å²) in [4.78, 5) is 7.50. The van der Waals surface area contributed by atoms with E-state index in [1.165, 1.54) is 22.3 Å². The van der Waals surface area contributed by atoms with Gasteiger partial charge in [0.15, 0.2) is 5.95 Å². The maximum Gasteiger partial charge on any atom is 0.200 e. The van der Waals surface area contributed by atoms with Gasteiger partial charge in [-0.3, -0.25) is 0 Å². The molecule has 90 valence electrons. The molecule has 2 N–H and O–H groups in total. The third-order valence-electron chi connectivity index (χ3n) is 3.07. The van der Waals surface area contributed by atoms with Gasteiger partial charge in [0.25, 0.3) is 0 Å². The van der Waals surface area contributed by atoms with Gasteiger partial charge in [-0.25, -0.2) is 4.98 Å². The highest BCUT2D eigenvalue weighted by Gasteiger charge is 2.06. The monoisotopic (exact) mass is 229 g/mol. The fraction of sp³-hybridized carbons (Fsp3) is 0.357. The molecular formula is C14H19N3. The number of hydrogen-bond donors (Lipinski definition) is 2. The largest absolute Gasteiger partial charge is 0.359 e. The summed E-state index contributed by atoms with van der Waals surface area (Å²) >= 11 is 0. The van der Waals surface area contributed by atoms with E-state index in [1.807, 2.05) is 13.2 Å². The molecule has 1 aromatic heterocycles. The molecule has 0 spiro atoms. The van der Waals surface area contributed by atoms with Crippen LogP contribution in [0, 0.1) is 20.8 Å². The van der Waals surface area contributed by atoms with Crippen molar-refractivity contribution in [1.82, 2.24) is 9.97 Å². The van der Waals surface area contributed by atoms with Crippen molar-refractivity contribution in [3.05, 3.63) is 46.3 Å². The van der Waals surface area contributed by atoms with E-state index >= 15 is 0 Å². The van der Waals surface area contributed by atoms with Gasteiger partial charge < -0.3 is 10.3 Å². The van der Waals surface area contributed by atoms with E-state index in [0.29, 0.717) is 0 Å². The van der Waals surface area contributed by atoms with Crippen molar-refractivity contribution in [2.24, 2.45) is 0 Å². The minimum atomic E-state index is 0.822. The molecule has 0 saturated heterocycles. The van der Waals surface area contributed by atoms with Crippen molar-refractivity contribution in [3.8, 4) is 0 Å². The number of nitrogens with one attached hydrogen (secondary N) is 2. The van der Waals surface area contributed by atoms with Crippen molar-refractivity contribution in [2.75, 3.05) is 12.4 Å². The summed E-state index contributed by atoms with van der Waals surface area (Å²) in [6.07, 6.45) is 2.80. The molecule has 3 nitrogen and oxygen atoms in total. The lowest BCUT2D eigenvalue weighted by atomic mass is 9.96. The van der Waals surface area contributed by atoms with Gasteiger partial charge in [-0.2, -0.15) is 0 Å². The molecule has 2 rings (SSSR count). The van der Waals surface area contributed by atoms with Crippen molar-refractivity contribution in [1.29, 1.82) is 0 Å². The van der Waals surface area contributed by atoms with Crippen LogP contribution in [0.25, 0.3) is 0 Å². The second-order valence-electron chi connectivity index (χ2n) is 4.56. The molecule has 17 heavy (non-hydrogen) atoms. The number of nitrogens with zero attached hydrogens (tertiary/aromatic N) is 1. The van der Waals surface area contributed by atoms with Crippen LogP contribution in [-0.2, 0) is 6.42 Å². The zero-order chi connectivity index (χ0) is 12.4. The fourth-order valence-electron chi connectivity index (χ4n) is 2.26. The average Bonchev–Trinajstić information content (AvgIpc) is 2.71. The predicted molar refractivity (Wildman–Crippen MR) is 71.6 cm³/mol. The second-order valence-corrected chi connectivity index (χ2v) is 4.56. The molecule has 0 atom stereocenters. The molecule has 0 amide bonds. The van der Waals surface area contributed by atoms with Gasteiger partial charge in [-0.1, -0.05) is 17.7 Å². The van der Waals surface area contributed by atoms with E-state index < -0.39 is 0 Å². The molecule has 1 aromatic carbocycles. The highest BCUT2D eigenvalue weighted by atomic mass is 15.1. The molecule has 0 aliphatic rings. The maximum atomic E-state index is 4.24. The van der Waals surface area contributed by atoms with E-state index in [4.69, 9.17) is 0 Å². The predicted octanol–water partition coefficient (Wildman–Crippen LogP) is 2.97. The first kappa shape index (κ1) is 11.7. The average molecular weight is 229 g/mol. The third kappa shape index (κ3) is 2.49. The summed E-state index contributed by atoms with van der Waals surface area (Å²) < 4.78 is 0. The fourth-order valence-corrected chi connectivity index (χ4v) is 2.26. The number of anilines is 1. The van der Waals surface area contributed by atoms with E-state index in [2.05, 4.69) is 48.2 Å². The quantitative estimate of drug-likeness (QED) is 0.849. The number of aryl methyl sites for hydroxylation is 3. The Bertz CT molecular complexity index is 503. The number of imidazole rings is 1. The van der Waals surface area contributed by atoms with Gasteiger partial charge in [0.05, 0.1) is 6.20 Å². The van der Waals surface area contributed by atoms with Crippen LogP contribution in [0.15, 0.2) is 18.3 Å². The maximum absolute atomic E-state index is 4.24. The first-order chi connectivity index (χ1) is 8.10. The Kier molecular flexibility index (Phi) is 3.18. The molecule has 0 fully saturated rings. The Morgan fingerprint density at radius 2 is 1.82 bits per heavy atom.